The van der Waals surface area contributed by atoms with E-state index in [4.69, 9.17) is 4.74 Å². The SMILES string of the molecule is COCCN1C(=O)c2ccccc2C(C(=O)NCCCN2CC(C)CC(C)C2)C1c1cccs1. The van der Waals surface area contributed by atoms with E-state index >= 15 is 0 Å². The number of hydrogen-bond donors (Lipinski definition) is 1. The van der Waals surface area contributed by atoms with Gasteiger partial charge in [0.1, 0.15) is 0 Å². The van der Waals surface area contributed by atoms with E-state index < -0.39 is 5.92 Å². The van der Waals surface area contributed by atoms with E-state index in [1.54, 1.807) is 18.4 Å². The molecule has 6 nitrogen and oxygen atoms in total. The summed E-state index contributed by atoms with van der Waals surface area (Å²) < 4.78 is 5.30. The second kappa shape index (κ2) is 11.5. The number of piperidine rings is 1. The Hall–Kier alpha value is -2.22. The van der Waals surface area contributed by atoms with Crippen LogP contribution in [0.3, 0.4) is 0 Å². The van der Waals surface area contributed by atoms with Gasteiger partial charge in [-0.05, 0) is 54.3 Å². The number of rotatable bonds is 9. The number of hydrogen-bond acceptors (Lipinski definition) is 5. The molecule has 1 N–H and O–H groups in total. The second-order valence-electron chi connectivity index (χ2n) is 9.87. The lowest BCUT2D eigenvalue weighted by Gasteiger charge is -2.41. The van der Waals surface area contributed by atoms with Gasteiger partial charge in [-0.3, -0.25) is 9.59 Å². The molecule has 4 atom stereocenters. The zero-order valence-corrected chi connectivity index (χ0v) is 21.4. The van der Waals surface area contributed by atoms with Crippen molar-refractivity contribution in [2.75, 3.05) is 46.4 Å². The van der Waals surface area contributed by atoms with Gasteiger partial charge in [0.25, 0.3) is 5.91 Å². The number of ether oxygens (including phenoxy) is 1. The Morgan fingerprint density at radius 1 is 1.12 bits per heavy atom. The first-order chi connectivity index (χ1) is 16.5. The summed E-state index contributed by atoms with van der Waals surface area (Å²) in [5, 5.41) is 5.21. The largest absolute Gasteiger partial charge is 0.383 e. The summed E-state index contributed by atoms with van der Waals surface area (Å²) in [6.07, 6.45) is 2.23. The highest BCUT2D eigenvalue weighted by atomic mass is 32.1. The maximum atomic E-state index is 13.7. The Labute approximate surface area is 207 Å². The molecule has 0 saturated carbocycles. The molecule has 2 aliphatic rings. The van der Waals surface area contributed by atoms with E-state index in [-0.39, 0.29) is 17.9 Å². The molecule has 4 rings (SSSR count). The average molecular weight is 484 g/mol. The van der Waals surface area contributed by atoms with Crippen molar-refractivity contribution < 1.29 is 14.3 Å². The van der Waals surface area contributed by atoms with Gasteiger partial charge in [0.15, 0.2) is 0 Å². The Morgan fingerprint density at radius 2 is 1.88 bits per heavy atom. The monoisotopic (exact) mass is 483 g/mol. The Bertz CT molecular complexity index is 954. The molecule has 2 amide bonds. The molecular formula is C27H37N3O3S. The molecule has 184 valence electrons. The molecule has 34 heavy (non-hydrogen) atoms. The summed E-state index contributed by atoms with van der Waals surface area (Å²) in [6, 6.07) is 11.2. The van der Waals surface area contributed by atoms with Crippen molar-refractivity contribution >= 4 is 23.2 Å². The van der Waals surface area contributed by atoms with Crippen molar-refractivity contribution in [3.8, 4) is 0 Å². The number of fused-ring (bicyclic) bond motifs is 1. The van der Waals surface area contributed by atoms with E-state index in [1.165, 1.54) is 6.42 Å². The molecule has 1 saturated heterocycles. The third-order valence-corrected chi connectivity index (χ3v) is 7.93. The van der Waals surface area contributed by atoms with E-state index in [1.807, 2.05) is 46.7 Å². The van der Waals surface area contributed by atoms with Crippen molar-refractivity contribution in [1.29, 1.82) is 0 Å². The van der Waals surface area contributed by atoms with Crippen LogP contribution in [-0.2, 0) is 9.53 Å². The summed E-state index contributed by atoms with van der Waals surface area (Å²) in [7, 11) is 1.64. The van der Waals surface area contributed by atoms with Crippen LogP contribution < -0.4 is 5.32 Å². The van der Waals surface area contributed by atoms with E-state index in [0.29, 0.717) is 25.3 Å². The smallest absolute Gasteiger partial charge is 0.254 e. The van der Waals surface area contributed by atoms with Gasteiger partial charge in [-0.1, -0.05) is 38.1 Å². The van der Waals surface area contributed by atoms with Crippen LogP contribution >= 0.6 is 11.3 Å². The molecule has 1 aromatic carbocycles. The Kier molecular flexibility index (Phi) is 8.40. The van der Waals surface area contributed by atoms with Crippen LogP contribution in [0.25, 0.3) is 0 Å². The fraction of sp³-hybridized carbons (Fsp3) is 0.556. The van der Waals surface area contributed by atoms with Crippen LogP contribution in [0.2, 0.25) is 0 Å². The van der Waals surface area contributed by atoms with E-state index in [0.717, 1.165) is 48.3 Å². The molecular weight excluding hydrogens is 446 g/mol. The molecule has 7 heteroatoms. The maximum Gasteiger partial charge on any atom is 0.254 e. The molecule has 3 heterocycles. The lowest BCUT2D eigenvalue weighted by Crippen LogP contribution is -2.48. The van der Waals surface area contributed by atoms with Gasteiger partial charge in [-0.15, -0.1) is 11.3 Å². The van der Waals surface area contributed by atoms with Crippen LogP contribution in [0.1, 0.15) is 59.4 Å². The third kappa shape index (κ3) is 5.53. The van der Waals surface area contributed by atoms with Gasteiger partial charge in [-0.25, -0.2) is 0 Å². The minimum absolute atomic E-state index is 0.0128. The quantitative estimate of drug-likeness (QED) is 0.544. The lowest BCUT2D eigenvalue weighted by atomic mass is 9.81. The number of nitrogens with one attached hydrogen (secondary N) is 1. The van der Waals surface area contributed by atoms with Gasteiger partial charge in [0, 0.05) is 43.7 Å². The van der Waals surface area contributed by atoms with Crippen LogP contribution in [-0.4, -0.2) is 68.1 Å². The Morgan fingerprint density at radius 3 is 2.59 bits per heavy atom. The minimum atomic E-state index is -0.445. The number of nitrogens with zero attached hydrogens (tertiary/aromatic N) is 2. The van der Waals surface area contributed by atoms with Crippen molar-refractivity contribution in [3.05, 3.63) is 57.8 Å². The number of likely N-dealkylation sites (tertiary alicyclic amines) is 1. The lowest BCUT2D eigenvalue weighted by molar-refractivity contribution is -0.124. The molecule has 0 aliphatic carbocycles. The van der Waals surface area contributed by atoms with Crippen LogP contribution in [0, 0.1) is 11.8 Å². The molecule has 1 aromatic heterocycles. The number of carbonyl (C=O) groups is 2. The zero-order valence-electron chi connectivity index (χ0n) is 20.5. The van der Waals surface area contributed by atoms with Crippen molar-refractivity contribution in [2.24, 2.45) is 11.8 Å². The summed E-state index contributed by atoms with van der Waals surface area (Å²) >= 11 is 1.59. The van der Waals surface area contributed by atoms with E-state index in [2.05, 4.69) is 24.1 Å². The third-order valence-electron chi connectivity index (χ3n) is 6.99. The van der Waals surface area contributed by atoms with Crippen LogP contribution in [0.5, 0.6) is 0 Å². The highest BCUT2D eigenvalue weighted by Gasteiger charge is 2.44. The summed E-state index contributed by atoms with van der Waals surface area (Å²) in [5.74, 6) is 0.975. The molecule has 0 spiro atoms. The predicted molar refractivity (Wildman–Crippen MR) is 136 cm³/mol. The van der Waals surface area contributed by atoms with Crippen molar-refractivity contribution in [3.63, 3.8) is 0 Å². The number of amides is 2. The standard InChI is InChI=1S/C27H37N3O3S/c1-19-16-20(2)18-29(17-19)12-7-11-28-26(31)24-21-8-4-5-9-22(21)27(32)30(13-14-33-3)25(24)23-10-6-15-34-23/h4-6,8-10,15,19-20,24-25H,7,11-14,16-18H2,1-3H3,(H,28,31). The summed E-state index contributed by atoms with van der Waals surface area (Å²) in [4.78, 5) is 32.5. The van der Waals surface area contributed by atoms with Crippen LogP contribution in [0.15, 0.2) is 41.8 Å². The zero-order chi connectivity index (χ0) is 24.1. The van der Waals surface area contributed by atoms with Crippen molar-refractivity contribution in [1.82, 2.24) is 15.1 Å². The molecule has 2 aliphatic heterocycles. The topological polar surface area (TPSA) is 61.9 Å². The van der Waals surface area contributed by atoms with Gasteiger partial charge >= 0.3 is 0 Å². The fourth-order valence-electron chi connectivity index (χ4n) is 5.69. The number of thiophene rings is 1. The molecule has 4 unspecified atom stereocenters. The molecule has 0 radical (unpaired) electrons. The second-order valence-corrected chi connectivity index (χ2v) is 10.8. The average Bonchev–Trinajstić information content (AvgIpc) is 3.35. The van der Waals surface area contributed by atoms with Gasteiger partial charge < -0.3 is 19.9 Å². The highest BCUT2D eigenvalue weighted by molar-refractivity contribution is 7.10. The molecule has 0 bridgehead atoms. The molecule has 2 aromatic rings. The minimum Gasteiger partial charge on any atom is -0.383 e. The van der Waals surface area contributed by atoms with Crippen LogP contribution in [0.4, 0.5) is 0 Å². The summed E-state index contributed by atoms with van der Waals surface area (Å²) in [5.41, 5.74) is 1.43. The highest BCUT2D eigenvalue weighted by Crippen LogP contribution is 2.44. The van der Waals surface area contributed by atoms with E-state index in [9.17, 15) is 9.59 Å². The first-order valence-electron chi connectivity index (χ1n) is 12.4. The summed E-state index contributed by atoms with van der Waals surface area (Å²) in [6.45, 7) is 9.45. The van der Waals surface area contributed by atoms with Gasteiger partial charge in [0.2, 0.25) is 5.91 Å². The number of benzene rings is 1. The number of carbonyl (C=O) groups excluding carboxylic acids is 2. The fourth-order valence-corrected chi connectivity index (χ4v) is 6.56. The maximum absolute atomic E-state index is 13.7. The molecule has 1 fully saturated rings. The first kappa shape index (κ1) is 24.9. The van der Waals surface area contributed by atoms with Crippen molar-refractivity contribution in [2.45, 2.75) is 38.6 Å². The van der Waals surface area contributed by atoms with Gasteiger partial charge in [-0.2, -0.15) is 0 Å². The first-order valence-corrected chi connectivity index (χ1v) is 13.3. The number of methoxy groups -OCH3 is 1. The normalized spacial score (nSPS) is 25.3. The Balaban J connectivity index is 1.50. The predicted octanol–water partition coefficient (Wildman–Crippen LogP) is 4.16. The van der Waals surface area contributed by atoms with Gasteiger partial charge in [0.05, 0.1) is 18.6 Å².